The van der Waals surface area contributed by atoms with Crippen molar-refractivity contribution in [1.82, 2.24) is 0 Å². The Morgan fingerprint density at radius 2 is 1.85 bits per heavy atom. The van der Waals surface area contributed by atoms with Gasteiger partial charge in [-0.05, 0) is 36.2 Å². The minimum Gasteiger partial charge on any atom is -0.481 e. The van der Waals surface area contributed by atoms with E-state index in [9.17, 15) is 9.59 Å². The summed E-state index contributed by atoms with van der Waals surface area (Å²) in [5.41, 5.74) is 2.75. The molecule has 0 fully saturated rings. The van der Waals surface area contributed by atoms with Gasteiger partial charge in [0.1, 0.15) is 0 Å². The van der Waals surface area contributed by atoms with Crippen LogP contribution < -0.4 is 5.32 Å². The van der Waals surface area contributed by atoms with Gasteiger partial charge in [-0.1, -0.05) is 30.3 Å². The molecule has 20 heavy (non-hydrogen) atoms. The molecule has 2 aromatic carbocycles. The van der Waals surface area contributed by atoms with E-state index >= 15 is 0 Å². The van der Waals surface area contributed by atoms with E-state index in [0.717, 1.165) is 5.56 Å². The molecule has 0 saturated heterocycles. The molecule has 2 aromatic rings. The quantitative estimate of drug-likeness (QED) is 0.896. The minimum absolute atomic E-state index is 0.0614. The van der Waals surface area contributed by atoms with Crippen molar-refractivity contribution in [2.75, 3.05) is 5.32 Å². The highest BCUT2D eigenvalue weighted by Gasteiger charge is 2.09. The molecule has 2 N–H and O–H groups in total. The van der Waals surface area contributed by atoms with Crippen molar-refractivity contribution in [1.29, 1.82) is 0 Å². The number of hydrogen-bond donors (Lipinski definition) is 2. The predicted molar refractivity (Wildman–Crippen MR) is 76.9 cm³/mol. The summed E-state index contributed by atoms with van der Waals surface area (Å²) in [5.74, 6) is -1.09. The third-order valence-electron chi connectivity index (χ3n) is 2.93. The fraction of sp³-hybridized carbons (Fsp3) is 0.125. The van der Waals surface area contributed by atoms with Crippen molar-refractivity contribution in [3.05, 3.63) is 65.2 Å². The summed E-state index contributed by atoms with van der Waals surface area (Å²) in [6.07, 6.45) is -0.0614. The van der Waals surface area contributed by atoms with Gasteiger partial charge in [-0.2, -0.15) is 0 Å². The van der Waals surface area contributed by atoms with E-state index in [1.165, 1.54) is 0 Å². The van der Waals surface area contributed by atoms with E-state index in [-0.39, 0.29) is 12.3 Å². The van der Waals surface area contributed by atoms with Crippen LogP contribution in [0.3, 0.4) is 0 Å². The summed E-state index contributed by atoms with van der Waals surface area (Å²) in [7, 11) is 0. The fourth-order valence-corrected chi connectivity index (χ4v) is 1.96. The summed E-state index contributed by atoms with van der Waals surface area (Å²) in [4.78, 5) is 22.8. The number of carbonyl (C=O) groups excluding carboxylic acids is 1. The lowest BCUT2D eigenvalue weighted by Crippen LogP contribution is -2.13. The molecule has 0 saturated carbocycles. The second-order valence-electron chi connectivity index (χ2n) is 4.54. The highest BCUT2D eigenvalue weighted by atomic mass is 16.4. The third kappa shape index (κ3) is 3.45. The van der Waals surface area contributed by atoms with E-state index in [1.54, 1.807) is 30.3 Å². The van der Waals surface area contributed by atoms with E-state index in [0.29, 0.717) is 16.8 Å². The van der Waals surface area contributed by atoms with Crippen LogP contribution in [0, 0.1) is 6.92 Å². The summed E-state index contributed by atoms with van der Waals surface area (Å²) in [6, 6.07) is 14.2. The second kappa shape index (κ2) is 6.02. The Morgan fingerprint density at radius 1 is 1.10 bits per heavy atom. The van der Waals surface area contributed by atoms with Crippen LogP contribution in [0.1, 0.15) is 21.5 Å². The Bertz CT molecular complexity index is 650. The van der Waals surface area contributed by atoms with Gasteiger partial charge in [0.15, 0.2) is 0 Å². The Labute approximate surface area is 117 Å². The molecule has 0 heterocycles. The van der Waals surface area contributed by atoms with Crippen molar-refractivity contribution in [2.45, 2.75) is 13.3 Å². The maximum atomic E-state index is 12.1. The van der Waals surface area contributed by atoms with Crippen molar-refractivity contribution >= 4 is 17.6 Å². The molecule has 0 radical (unpaired) electrons. The molecule has 4 nitrogen and oxygen atoms in total. The molecule has 0 aliphatic rings. The zero-order valence-corrected chi connectivity index (χ0v) is 11.1. The average Bonchev–Trinajstić information content (AvgIpc) is 2.38. The fourth-order valence-electron chi connectivity index (χ4n) is 1.96. The van der Waals surface area contributed by atoms with Crippen LogP contribution in [-0.4, -0.2) is 17.0 Å². The lowest BCUT2D eigenvalue weighted by molar-refractivity contribution is -0.136. The van der Waals surface area contributed by atoms with Crippen LogP contribution in [0.5, 0.6) is 0 Å². The molecule has 0 aliphatic heterocycles. The van der Waals surface area contributed by atoms with Crippen LogP contribution in [0.15, 0.2) is 48.5 Å². The molecular weight excluding hydrogens is 254 g/mol. The first-order valence-electron chi connectivity index (χ1n) is 6.24. The van der Waals surface area contributed by atoms with Gasteiger partial charge in [-0.3, -0.25) is 9.59 Å². The van der Waals surface area contributed by atoms with E-state index in [2.05, 4.69) is 5.32 Å². The van der Waals surface area contributed by atoms with Crippen molar-refractivity contribution < 1.29 is 14.7 Å². The monoisotopic (exact) mass is 269 g/mol. The summed E-state index contributed by atoms with van der Waals surface area (Å²) >= 11 is 0. The van der Waals surface area contributed by atoms with Crippen molar-refractivity contribution in [3.8, 4) is 0 Å². The molecule has 102 valence electrons. The van der Waals surface area contributed by atoms with Gasteiger partial charge in [0.05, 0.1) is 6.42 Å². The third-order valence-corrected chi connectivity index (χ3v) is 2.93. The average molecular weight is 269 g/mol. The molecule has 1 amide bonds. The maximum Gasteiger partial charge on any atom is 0.307 e. The number of nitrogens with one attached hydrogen (secondary N) is 1. The Balaban J connectivity index is 2.16. The van der Waals surface area contributed by atoms with Gasteiger partial charge < -0.3 is 10.4 Å². The smallest absolute Gasteiger partial charge is 0.307 e. The maximum absolute atomic E-state index is 12.1. The van der Waals surface area contributed by atoms with Crippen LogP contribution in [0.25, 0.3) is 0 Å². The highest BCUT2D eigenvalue weighted by molar-refractivity contribution is 6.05. The topological polar surface area (TPSA) is 66.4 Å². The number of carbonyl (C=O) groups is 2. The van der Waals surface area contributed by atoms with Gasteiger partial charge in [-0.25, -0.2) is 0 Å². The largest absolute Gasteiger partial charge is 0.481 e. The number of hydrogen-bond acceptors (Lipinski definition) is 2. The molecule has 0 bridgehead atoms. The first kappa shape index (κ1) is 13.8. The van der Waals surface area contributed by atoms with Crippen LogP contribution in [-0.2, 0) is 11.2 Å². The Morgan fingerprint density at radius 3 is 2.55 bits per heavy atom. The predicted octanol–water partition coefficient (Wildman–Crippen LogP) is 2.87. The molecule has 0 aromatic heterocycles. The number of benzene rings is 2. The lowest BCUT2D eigenvalue weighted by atomic mass is 10.1. The number of carboxylic acids is 1. The molecule has 0 unspecified atom stereocenters. The SMILES string of the molecule is Cc1ccccc1C(=O)Nc1cccc(CC(=O)O)c1. The number of rotatable bonds is 4. The van der Waals surface area contributed by atoms with Gasteiger partial charge in [0, 0.05) is 11.3 Å². The second-order valence-corrected chi connectivity index (χ2v) is 4.54. The first-order valence-corrected chi connectivity index (χ1v) is 6.24. The highest BCUT2D eigenvalue weighted by Crippen LogP contribution is 2.14. The van der Waals surface area contributed by atoms with E-state index in [1.807, 2.05) is 25.1 Å². The molecule has 4 heteroatoms. The van der Waals surface area contributed by atoms with Crippen molar-refractivity contribution in [3.63, 3.8) is 0 Å². The van der Waals surface area contributed by atoms with Crippen molar-refractivity contribution in [2.24, 2.45) is 0 Å². The molecule has 2 rings (SSSR count). The molecular formula is C16H15NO3. The lowest BCUT2D eigenvalue weighted by Gasteiger charge is -2.08. The Kier molecular flexibility index (Phi) is 4.15. The zero-order chi connectivity index (χ0) is 14.5. The number of aryl methyl sites for hydroxylation is 1. The molecule has 0 atom stereocenters. The molecule has 0 spiro atoms. The first-order chi connectivity index (χ1) is 9.56. The van der Waals surface area contributed by atoms with Crippen LogP contribution in [0.4, 0.5) is 5.69 Å². The number of anilines is 1. The van der Waals surface area contributed by atoms with Gasteiger partial charge in [0.2, 0.25) is 0 Å². The number of amides is 1. The van der Waals surface area contributed by atoms with E-state index in [4.69, 9.17) is 5.11 Å². The summed E-state index contributed by atoms with van der Waals surface area (Å²) in [6.45, 7) is 1.87. The van der Waals surface area contributed by atoms with Crippen LogP contribution in [0.2, 0.25) is 0 Å². The normalized spacial score (nSPS) is 10.1. The van der Waals surface area contributed by atoms with E-state index < -0.39 is 5.97 Å². The standard InChI is InChI=1S/C16H15NO3/c1-11-5-2-3-8-14(11)16(20)17-13-7-4-6-12(9-13)10-15(18)19/h2-9H,10H2,1H3,(H,17,20)(H,18,19). The number of carboxylic acid groups (broad SMARTS) is 1. The van der Waals surface area contributed by atoms with Gasteiger partial charge >= 0.3 is 5.97 Å². The minimum atomic E-state index is -0.896. The summed E-state index contributed by atoms with van der Waals surface area (Å²) < 4.78 is 0. The summed E-state index contributed by atoms with van der Waals surface area (Å²) in [5, 5.41) is 11.5. The van der Waals surface area contributed by atoms with Gasteiger partial charge in [0.25, 0.3) is 5.91 Å². The molecule has 0 aliphatic carbocycles. The van der Waals surface area contributed by atoms with Gasteiger partial charge in [-0.15, -0.1) is 0 Å². The number of aliphatic carboxylic acids is 1. The Hall–Kier alpha value is -2.62. The van der Waals surface area contributed by atoms with Crippen LogP contribution >= 0.6 is 0 Å². The zero-order valence-electron chi connectivity index (χ0n) is 11.1.